The number of Topliss-reactive ketones (excluding diaryl/α,β-unsaturated/α-hetero) is 1. The van der Waals surface area contributed by atoms with Crippen LogP contribution in [0.15, 0.2) is 0 Å². The van der Waals surface area contributed by atoms with Crippen molar-refractivity contribution in [1.82, 2.24) is 0 Å². The summed E-state index contributed by atoms with van der Waals surface area (Å²) in [5.74, 6) is -0.297. The highest BCUT2D eigenvalue weighted by Gasteiger charge is 2.76. The second-order valence-electron chi connectivity index (χ2n) is 6.35. The molecule has 3 nitrogen and oxygen atoms in total. The molecule has 3 aliphatic rings. The zero-order valence-corrected chi connectivity index (χ0v) is 11.3. The van der Waals surface area contributed by atoms with Crippen molar-refractivity contribution in [2.45, 2.75) is 45.5 Å². The van der Waals surface area contributed by atoms with Gasteiger partial charge in [-0.3, -0.25) is 4.79 Å². The minimum atomic E-state index is -0.990. The van der Waals surface area contributed by atoms with Gasteiger partial charge in [-0.05, 0) is 18.3 Å². The molecule has 0 N–H and O–H groups in total. The molecule has 2 aliphatic carbocycles. The van der Waals surface area contributed by atoms with Crippen LogP contribution in [0.4, 0.5) is 0 Å². The lowest BCUT2D eigenvalue weighted by molar-refractivity contribution is -0.204. The fourth-order valence-electron chi connectivity index (χ4n) is 4.02. The summed E-state index contributed by atoms with van der Waals surface area (Å²) in [6.07, 6.45) is 1.81. The molecule has 4 heteroatoms. The van der Waals surface area contributed by atoms with Crippen molar-refractivity contribution in [3.63, 3.8) is 0 Å². The monoisotopic (exact) mass is 258 g/mol. The maximum atomic E-state index is 12.7. The highest BCUT2D eigenvalue weighted by molar-refractivity contribution is 6.18. The molecule has 96 valence electrons. The van der Waals surface area contributed by atoms with Crippen LogP contribution in [0.3, 0.4) is 0 Å². The van der Waals surface area contributed by atoms with Gasteiger partial charge in [0.15, 0.2) is 5.78 Å². The number of carbonyl (C=O) groups excluding carboxylic acids is 1. The van der Waals surface area contributed by atoms with Crippen LogP contribution in [-0.4, -0.2) is 30.2 Å². The first-order chi connectivity index (χ1) is 7.88. The molecule has 4 atom stereocenters. The lowest BCUT2D eigenvalue weighted by Gasteiger charge is -2.32. The van der Waals surface area contributed by atoms with Crippen LogP contribution in [0.25, 0.3) is 0 Å². The topological polar surface area (TPSA) is 35.5 Å². The molecular formula is C13H19ClO3. The lowest BCUT2D eigenvalue weighted by atomic mass is 9.70. The average molecular weight is 259 g/mol. The number of hydrogen-bond acceptors (Lipinski definition) is 3. The van der Waals surface area contributed by atoms with E-state index in [2.05, 4.69) is 20.8 Å². The lowest BCUT2D eigenvalue weighted by Crippen LogP contribution is -2.48. The number of ketones is 1. The van der Waals surface area contributed by atoms with Crippen molar-refractivity contribution in [3.05, 3.63) is 0 Å². The van der Waals surface area contributed by atoms with E-state index in [9.17, 15) is 4.79 Å². The van der Waals surface area contributed by atoms with Crippen molar-refractivity contribution in [1.29, 1.82) is 0 Å². The molecule has 0 amide bonds. The summed E-state index contributed by atoms with van der Waals surface area (Å²) in [7, 11) is 0. The van der Waals surface area contributed by atoms with Crippen LogP contribution >= 0.6 is 11.6 Å². The molecule has 0 radical (unpaired) electrons. The molecule has 1 aliphatic heterocycles. The first kappa shape index (κ1) is 11.9. The van der Waals surface area contributed by atoms with Gasteiger partial charge in [0, 0.05) is 11.3 Å². The highest BCUT2D eigenvalue weighted by Crippen LogP contribution is 2.69. The van der Waals surface area contributed by atoms with Gasteiger partial charge in [-0.15, -0.1) is 11.6 Å². The average Bonchev–Trinajstić information content (AvgIpc) is 2.83. The molecule has 3 rings (SSSR count). The smallest absolute Gasteiger partial charge is 0.233 e. The summed E-state index contributed by atoms with van der Waals surface area (Å²) in [6.45, 7) is 6.83. The predicted octanol–water partition coefficient (Wildman–Crippen LogP) is 2.36. The normalized spacial score (nSPS) is 51.6. The molecule has 3 fully saturated rings. The molecule has 1 heterocycles. The molecule has 0 aromatic heterocycles. The molecule has 1 saturated heterocycles. The van der Waals surface area contributed by atoms with Crippen molar-refractivity contribution >= 4 is 17.4 Å². The summed E-state index contributed by atoms with van der Waals surface area (Å²) in [6, 6.07) is 0. The zero-order chi connectivity index (χ0) is 12.5. The highest BCUT2D eigenvalue weighted by atomic mass is 35.5. The summed E-state index contributed by atoms with van der Waals surface area (Å²) in [5.41, 5.74) is -0.357. The van der Waals surface area contributed by atoms with Gasteiger partial charge < -0.3 is 9.47 Å². The SMILES string of the molecule is CC1(C)[C@@H]2CC[C@@]1(C)C(=O)[C@@]21OC[C@H](CCl)O1. The Hall–Kier alpha value is -0.120. The Morgan fingerprint density at radius 3 is 2.59 bits per heavy atom. The van der Waals surface area contributed by atoms with Gasteiger partial charge >= 0.3 is 0 Å². The maximum Gasteiger partial charge on any atom is 0.233 e. The Labute approximate surface area is 107 Å². The Morgan fingerprint density at radius 1 is 1.41 bits per heavy atom. The molecule has 0 aromatic rings. The maximum absolute atomic E-state index is 12.7. The summed E-state index contributed by atoms with van der Waals surface area (Å²) in [4.78, 5) is 12.7. The number of halogens is 1. The van der Waals surface area contributed by atoms with Crippen LogP contribution in [0.1, 0.15) is 33.6 Å². The van der Waals surface area contributed by atoms with Gasteiger partial charge in [0.05, 0.1) is 18.6 Å². The second-order valence-corrected chi connectivity index (χ2v) is 6.66. The minimum Gasteiger partial charge on any atom is -0.341 e. The van der Waals surface area contributed by atoms with E-state index in [-0.39, 0.29) is 28.6 Å². The molecule has 17 heavy (non-hydrogen) atoms. The Bertz CT molecular complexity index is 381. The van der Waals surface area contributed by atoms with E-state index in [4.69, 9.17) is 21.1 Å². The number of hydrogen-bond donors (Lipinski definition) is 0. The largest absolute Gasteiger partial charge is 0.341 e. The van der Waals surface area contributed by atoms with E-state index in [1.165, 1.54) is 0 Å². The van der Waals surface area contributed by atoms with Gasteiger partial charge in [-0.1, -0.05) is 20.8 Å². The summed E-state index contributed by atoms with van der Waals surface area (Å²) in [5, 5.41) is 0. The quantitative estimate of drug-likeness (QED) is 0.678. The number of fused-ring (bicyclic) bond motifs is 3. The first-order valence-corrected chi connectivity index (χ1v) is 6.84. The summed E-state index contributed by atoms with van der Waals surface area (Å²) < 4.78 is 11.7. The molecule has 2 saturated carbocycles. The van der Waals surface area contributed by atoms with Gasteiger partial charge in [-0.25, -0.2) is 0 Å². The van der Waals surface area contributed by atoms with Crippen molar-refractivity contribution in [3.8, 4) is 0 Å². The molecular weight excluding hydrogens is 240 g/mol. The third-order valence-corrected chi connectivity index (χ3v) is 5.84. The molecule has 2 bridgehead atoms. The van der Waals surface area contributed by atoms with E-state index in [1.807, 2.05) is 0 Å². The van der Waals surface area contributed by atoms with E-state index in [0.29, 0.717) is 12.5 Å². The van der Waals surface area contributed by atoms with E-state index in [0.717, 1.165) is 12.8 Å². The van der Waals surface area contributed by atoms with Crippen LogP contribution in [-0.2, 0) is 14.3 Å². The van der Waals surface area contributed by atoms with Crippen molar-refractivity contribution in [2.24, 2.45) is 16.7 Å². The van der Waals surface area contributed by atoms with Crippen LogP contribution in [0.5, 0.6) is 0 Å². The Kier molecular flexibility index (Phi) is 2.28. The minimum absolute atomic E-state index is 0.0503. The van der Waals surface area contributed by atoms with Crippen LogP contribution < -0.4 is 0 Å². The van der Waals surface area contributed by atoms with Gasteiger partial charge in [0.25, 0.3) is 0 Å². The van der Waals surface area contributed by atoms with E-state index < -0.39 is 5.79 Å². The number of alkyl halides is 1. The molecule has 0 aromatic carbocycles. The zero-order valence-electron chi connectivity index (χ0n) is 10.6. The molecule has 0 unspecified atom stereocenters. The number of carbonyl (C=O) groups is 1. The third kappa shape index (κ3) is 1.14. The molecule has 1 spiro atoms. The van der Waals surface area contributed by atoms with E-state index in [1.54, 1.807) is 0 Å². The predicted molar refractivity (Wildman–Crippen MR) is 63.9 cm³/mol. The fourth-order valence-corrected chi connectivity index (χ4v) is 4.18. The van der Waals surface area contributed by atoms with Crippen LogP contribution in [0.2, 0.25) is 0 Å². The van der Waals surface area contributed by atoms with E-state index >= 15 is 0 Å². The first-order valence-electron chi connectivity index (χ1n) is 6.31. The van der Waals surface area contributed by atoms with Gasteiger partial charge in [0.1, 0.15) is 0 Å². The second kappa shape index (κ2) is 3.25. The fraction of sp³-hybridized carbons (Fsp3) is 0.923. The number of ether oxygens (including phenoxy) is 2. The van der Waals surface area contributed by atoms with Gasteiger partial charge in [-0.2, -0.15) is 0 Å². The Balaban J connectivity index is 2.03. The van der Waals surface area contributed by atoms with Crippen molar-refractivity contribution in [2.75, 3.05) is 12.5 Å². The van der Waals surface area contributed by atoms with Gasteiger partial charge in [0.2, 0.25) is 5.79 Å². The van der Waals surface area contributed by atoms with Crippen LogP contribution in [0, 0.1) is 16.7 Å². The number of rotatable bonds is 1. The van der Waals surface area contributed by atoms with Crippen molar-refractivity contribution < 1.29 is 14.3 Å². The summed E-state index contributed by atoms with van der Waals surface area (Å²) >= 11 is 5.81. The third-order valence-electron chi connectivity index (χ3n) is 5.50. The Morgan fingerprint density at radius 2 is 2.12 bits per heavy atom. The standard InChI is InChI=1S/C13H19ClO3/c1-11(2)9-4-5-12(11,3)10(15)13(9)16-7-8(6-14)17-13/h8-9H,4-7H2,1-3H3/t8-,9-,12-,13+/m0/s1.